The summed E-state index contributed by atoms with van der Waals surface area (Å²) in [6, 6.07) is -0.255. The van der Waals surface area contributed by atoms with Gasteiger partial charge in [-0.25, -0.2) is 0 Å². The van der Waals surface area contributed by atoms with Crippen molar-refractivity contribution in [3.05, 3.63) is 11.9 Å². The second-order valence-corrected chi connectivity index (χ2v) is 4.44. The van der Waals surface area contributed by atoms with Crippen LogP contribution in [0.2, 0.25) is 0 Å². The van der Waals surface area contributed by atoms with Crippen LogP contribution in [0, 0.1) is 0 Å². The fraction of sp³-hybridized carbons (Fsp3) is 0.750. The fourth-order valence-corrected chi connectivity index (χ4v) is 1.51. The minimum atomic E-state index is -0.255. The molecule has 7 heteroatoms. The molecule has 0 aliphatic heterocycles. The number of amides is 1. The molecule has 0 aliphatic rings. The highest BCUT2D eigenvalue weighted by molar-refractivity contribution is 5.81. The Morgan fingerprint density at radius 1 is 1.58 bits per heavy atom. The first-order valence-electron chi connectivity index (χ1n) is 6.68. The number of aryl methyl sites for hydroxylation is 1. The first-order valence-corrected chi connectivity index (χ1v) is 6.68. The van der Waals surface area contributed by atoms with Crippen LogP contribution >= 0.6 is 0 Å². The lowest BCUT2D eigenvalue weighted by Crippen LogP contribution is -2.42. The molecule has 0 saturated carbocycles. The zero-order valence-corrected chi connectivity index (χ0v) is 11.6. The number of aromatic nitrogens is 3. The maximum Gasteiger partial charge on any atom is 0.236 e. The van der Waals surface area contributed by atoms with Gasteiger partial charge >= 0.3 is 0 Å². The Hall–Kier alpha value is -1.47. The van der Waals surface area contributed by atoms with Crippen molar-refractivity contribution in [2.24, 2.45) is 0 Å². The van der Waals surface area contributed by atoms with Crippen molar-refractivity contribution in [2.45, 2.75) is 45.8 Å². The summed E-state index contributed by atoms with van der Waals surface area (Å²) in [5, 5.41) is 22.6. The smallest absolute Gasteiger partial charge is 0.236 e. The molecule has 1 atom stereocenters. The zero-order valence-electron chi connectivity index (χ0n) is 11.6. The van der Waals surface area contributed by atoms with Gasteiger partial charge in [-0.2, -0.15) is 0 Å². The average Bonchev–Trinajstić information content (AvgIpc) is 2.87. The Labute approximate surface area is 113 Å². The molecule has 0 aliphatic carbocycles. The van der Waals surface area contributed by atoms with E-state index in [-0.39, 0.29) is 18.6 Å². The molecule has 3 N–H and O–H groups in total. The highest BCUT2D eigenvalue weighted by Gasteiger charge is 2.11. The van der Waals surface area contributed by atoms with Crippen LogP contribution in [0.1, 0.15) is 32.4 Å². The zero-order chi connectivity index (χ0) is 14.1. The monoisotopic (exact) mass is 269 g/mol. The van der Waals surface area contributed by atoms with Crippen LogP contribution in [0.5, 0.6) is 0 Å². The van der Waals surface area contributed by atoms with Crippen LogP contribution < -0.4 is 10.6 Å². The summed E-state index contributed by atoms with van der Waals surface area (Å²) in [6.45, 7) is 5.82. The Bertz CT molecular complexity index is 380. The summed E-state index contributed by atoms with van der Waals surface area (Å²) in [5.41, 5.74) is 0.785. The highest BCUT2D eigenvalue weighted by Crippen LogP contribution is 1.95. The van der Waals surface area contributed by atoms with E-state index in [2.05, 4.69) is 20.9 Å². The van der Waals surface area contributed by atoms with E-state index >= 15 is 0 Å². The van der Waals surface area contributed by atoms with Gasteiger partial charge in [-0.15, -0.1) is 5.10 Å². The Balaban J connectivity index is 2.31. The molecule has 0 aromatic carbocycles. The van der Waals surface area contributed by atoms with Gasteiger partial charge in [0.2, 0.25) is 5.91 Å². The molecular weight excluding hydrogens is 246 g/mol. The molecule has 1 aromatic rings. The van der Waals surface area contributed by atoms with E-state index in [1.54, 1.807) is 4.68 Å². The summed E-state index contributed by atoms with van der Waals surface area (Å²) in [7, 11) is 0. The van der Waals surface area contributed by atoms with Gasteiger partial charge in [-0.3, -0.25) is 9.48 Å². The molecular formula is C12H23N5O2. The van der Waals surface area contributed by atoms with E-state index in [9.17, 15) is 4.79 Å². The molecule has 0 fully saturated rings. The minimum Gasteiger partial charge on any atom is -0.396 e. The number of aliphatic hydroxyl groups excluding tert-OH is 1. The van der Waals surface area contributed by atoms with E-state index in [0.717, 1.165) is 12.1 Å². The third-order valence-corrected chi connectivity index (χ3v) is 2.66. The number of hydrogen-bond acceptors (Lipinski definition) is 5. The van der Waals surface area contributed by atoms with Crippen LogP contribution in [0.3, 0.4) is 0 Å². The summed E-state index contributed by atoms with van der Waals surface area (Å²) in [4.78, 5) is 11.6. The normalized spacial score (nSPS) is 12.4. The second-order valence-electron chi connectivity index (χ2n) is 4.44. The fourth-order valence-electron chi connectivity index (χ4n) is 1.51. The number of nitrogens with one attached hydrogen (secondary N) is 2. The molecule has 7 nitrogen and oxygen atoms in total. The van der Waals surface area contributed by atoms with Crippen molar-refractivity contribution in [1.82, 2.24) is 25.6 Å². The Kier molecular flexibility index (Phi) is 7.06. The van der Waals surface area contributed by atoms with Crippen LogP contribution in [0.25, 0.3) is 0 Å². The minimum absolute atomic E-state index is 0.00507. The van der Waals surface area contributed by atoms with Gasteiger partial charge < -0.3 is 15.7 Å². The number of nitrogens with zero attached hydrogens (tertiary/aromatic N) is 3. The molecule has 1 rings (SSSR count). The van der Waals surface area contributed by atoms with Crippen molar-refractivity contribution in [1.29, 1.82) is 0 Å². The van der Waals surface area contributed by atoms with Crippen LogP contribution in [-0.4, -0.2) is 45.2 Å². The third kappa shape index (κ3) is 5.80. The third-order valence-electron chi connectivity index (χ3n) is 2.66. The van der Waals surface area contributed by atoms with Crippen molar-refractivity contribution < 1.29 is 9.90 Å². The van der Waals surface area contributed by atoms with Crippen molar-refractivity contribution in [2.75, 3.05) is 13.2 Å². The standard InChI is InChI=1S/C12H23N5O2/c1-3-5-13-12(19)10(2)14-8-11-9-17(16-15-11)6-4-7-18/h9-10,14,18H,3-8H2,1-2H3,(H,13,19). The van der Waals surface area contributed by atoms with Gasteiger partial charge in [0.05, 0.1) is 11.7 Å². The van der Waals surface area contributed by atoms with Crippen LogP contribution in [0.15, 0.2) is 6.20 Å². The molecule has 0 spiro atoms. The average molecular weight is 269 g/mol. The first kappa shape index (κ1) is 15.6. The van der Waals surface area contributed by atoms with Crippen molar-refractivity contribution in [3.63, 3.8) is 0 Å². The van der Waals surface area contributed by atoms with Gasteiger partial charge in [-0.1, -0.05) is 12.1 Å². The highest BCUT2D eigenvalue weighted by atomic mass is 16.3. The number of aliphatic hydroxyl groups is 1. The summed E-state index contributed by atoms with van der Waals surface area (Å²) >= 11 is 0. The molecule has 0 saturated heterocycles. The molecule has 108 valence electrons. The first-order chi connectivity index (χ1) is 9.17. The lowest BCUT2D eigenvalue weighted by molar-refractivity contribution is -0.122. The number of hydrogen-bond donors (Lipinski definition) is 3. The largest absolute Gasteiger partial charge is 0.396 e. The SMILES string of the molecule is CCCNC(=O)C(C)NCc1cn(CCCO)nn1. The number of rotatable bonds is 9. The van der Waals surface area contributed by atoms with Gasteiger partial charge in [-0.05, 0) is 19.8 Å². The topological polar surface area (TPSA) is 92.1 Å². The van der Waals surface area contributed by atoms with Crippen LogP contribution in [-0.2, 0) is 17.9 Å². The second kappa shape index (κ2) is 8.60. The Morgan fingerprint density at radius 3 is 3.05 bits per heavy atom. The summed E-state index contributed by atoms with van der Waals surface area (Å²) < 4.78 is 1.69. The van der Waals surface area contributed by atoms with E-state index in [1.165, 1.54) is 0 Å². The van der Waals surface area contributed by atoms with Gasteiger partial charge in [0.15, 0.2) is 0 Å². The van der Waals surface area contributed by atoms with Crippen molar-refractivity contribution in [3.8, 4) is 0 Å². The molecule has 0 bridgehead atoms. The maximum atomic E-state index is 11.6. The predicted octanol–water partition coefficient (Wildman–Crippen LogP) is -0.335. The molecule has 1 aromatic heterocycles. The lowest BCUT2D eigenvalue weighted by atomic mass is 10.3. The van der Waals surface area contributed by atoms with Gasteiger partial charge in [0.1, 0.15) is 0 Å². The molecule has 1 heterocycles. The molecule has 1 unspecified atom stereocenters. The summed E-state index contributed by atoms with van der Waals surface area (Å²) in [6.07, 6.45) is 3.41. The van der Waals surface area contributed by atoms with E-state index in [0.29, 0.717) is 26.1 Å². The van der Waals surface area contributed by atoms with Crippen LogP contribution in [0.4, 0.5) is 0 Å². The van der Waals surface area contributed by atoms with Gasteiger partial charge in [0, 0.05) is 32.4 Å². The maximum absolute atomic E-state index is 11.6. The van der Waals surface area contributed by atoms with E-state index < -0.39 is 0 Å². The molecule has 19 heavy (non-hydrogen) atoms. The Morgan fingerprint density at radius 2 is 2.37 bits per heavy atom. The van der Waals surface area contributed by atoms with E-state index in [1.807, 2.05) is 20.0 Å². The number of carbonyl (C=O) groups excluding carboxylic acids is 1. The van der Waals surface area contributed by atoms with Gasteiger partial charge in [0.25, 0.3) is 0 Å². The van der Waals surface area contributed by atoms with Crippen molar-refractivity contribution >= 4 is 5.91 Å². The van der Waals surface area contributed by atoms with E-state index in [4.69, 9.17) is 5.11 Å². The number of carbonyl (C=O) groups is 1. The quantitative estimate of drug-likeness (QED) is 0.570. The lowest BCUT2D eigenvalue weighted by Gasteiger charge is -2.12. The predicted molar refractivity (Wildman–Crippen MR) is 71.3 cm³/mol. The summed E-state index contributed by atoms with van der Waals surface area (Å²) in [5.74, 6) is -0.00507. The molecule has 0 radical (unpaired) electrons. The molecule has 1 amide bonds.